The van der Waals surface area contributed by atoms with E-state index in [2.05, 4.69) is 10.2 Å². The van der Waals surface area contributed by atoms with Crippen LogP contribution in [0.15, 0.2) is 46.9 Å². The molecule has 1 aromatic heterocycles. The van der Waals surface area contributed by atoms with E-state index in [9.17, 15) is 4.79 Å². The SMILES string of the molecule is Cc1ccc(C(CNC(=O)CC(N)c2ccccc2)N2CCCC2)o1.Cl.Cl. The van der Waals surface area contributed by atoms with Crippen LogP contribution in [0.25, 0.3) is 0 Å². The van der Waals surface area contributed by atoms with Gasteiger partial charge in [-0.2, -0.15) is 0 Å². The van der Waals surface area contributed by atoms with Crippen LogP contribution in [0.4, 0.5) is 0 Å². The molecular weight excluding hydrogens is 385 g/mol. The molecule has 1 fully saturated rings. The maximum absolute atomic E-state index is 12.3. The zero-order valence-corrected chi connectivity index (χ0v) is 17.2. The van der Waals surface area contributed by atoms with Crippen molar-refractivity contribution < 1.29 is 9.21 Å². The lowest BCUT2D eigenvalue weighted by molar-refractivity contribution is -0.121. The van der Waals surface area contributed by atoms with Gasteiger partial charge in [0.15, 0.2) is 0 Å². The number of hydrogen-bond donors (Lipinski definition) is 2. The van der Waals surface area contributed by atoms with E-state index in [4.69, 9.17) is 10.2 Å². The highest BCUT2D eigenvalue weighted by atomic mass is 35.5. The normalized spacial score (nSPS) is 16.1. The van der Waals surface area contributed by atoms with Crippen molar-refractivity contribution in [3.63, 3.8) is 0 Å². The molecule has 0 bridgehead atoms. The molecule has 1 aliphatic heterocycles. The van der Waals surface area contributed by atoms with Gasteiger partial charge in [-0.1, -0.05) is 30.3 Å². The second-order valence-electron chi connectivity index (χ2n) is 6.73. The molecule has 2 aromatic rings. The van der Waals surface area contributed by atoms with Gasteiger partial charge >= 0.3 is 0 Å². The number of nitrogens with one attached hydrogen (secondary N) is 1. The van der Waals surface area contributed by atoms with Crippen LogP contribution in [0.3, 0.4) is 0 Å². The van der Waals surface area contributed by atoms with Gasteiger partial charge in [0.25, 0.3) is 0 Å². The van der Waals surface area contributed by atoms with E-state index < -0.39 is 0 Å². The summed E-state index contributed by atoms with van der Waals surface area (Å²) in [7, 11) is 0. The van der Waals surface area contributed by atoms with E-state index >= 15 is 0 Å². The summed E-state index contributed by atoms with van der Waals surface area (Å²) in [4.78, 5) is 14.7. The third kappa shape index (κ3) is 6.54. The summed E-state index contributed by atoms with van der Waals surface area (Å²) in [5, 5.41) is 3.05. The van der Waals surface area contributed by atoms with Crippen LogP contribution in [-0.4, -0.2) is 30.4 Å². The minimum absolute atomic E-state index is 0. The molecule has 0 radical (unpaired) electrons. The topological polar surface area (TPSA) is 71.5 Å². The number of aryl methyl sites for hydroxylation is 1. The Morgan fingerprint density at radius 1 is 1.15 bits per heavy atom. The average Bonchev–Trinajstić information content (AvgIpc) is 3.28. The van der Waals surface area contributed by atoms with Crippen molar-refractivity contribution in [1.82, 2.24) is 10.2 Å². The molecule has 3 rings (SSSR count). The molecule has 0 spiro atoms. The summed E-state index contributed by atoms with van der Waals surface area (Å²) in [5.41, 5.74) is 7.13. The summed E-state index contributed by atoms with van der Waals surface area (Å²) in [6.45, 7) is 4.59. The monoisotopic (exact) mass is 413 g/mol. The Balaban J connectivity index is 0.00000182. The first-order valence-corrected chi connectivity index (χ1v) is 9.01. The molecule has 7 heteroatoms. The number of carbonyl (C=O) groups excluding carboxylic acids is 1. The number of amides is 1. The average molecular weight is 414 g/mol. The molecular formula is C20H29Cl2N3O2. The van der Waals surface area contributed by atoms with Crippen molar-refractivity contribution in [2.75, 3.05) is 19.6 Å². The Bertz CT molecular complexity index is 688. The molecule has 0 aliphatic carbocycles. The standard InChI is InChI=1S/C20H27N3O2.2ClH/c1-15-9-10-19(25-15)18(23-11-5-6-12-23)14-22-20(24)13-17(21)16-7-3-2-4-8-16;;/h2-4,7-10,17-18H,5-6,11-14,21H2,1H3,(H,22,24);2*1H. The molecule has 5 nitrogen and oxygen atoms in total. The van der Waals surface area contributed by atoms with Gasteiger partial charge in [0, 0.05) is 19.0 Å². The molecule has 2 unspecified atom stereocenters. The fraction of sp³-hybridized carbons (Fsp3) is 0.450. The quantitative estimate of drug-likeness (QED) is 0.724. The number of carbonyl (C=O) groups is 1. The fourth-order valence-corrected chi connectivity index (χ4v) is 3.40. The lowest BCUT2D eigenvalue weighted by Gasteiger charge is -2.26. The number of furan rings is 1. The maximum Gasteiger partial charge on any atom is 0.221 e. The van der Waals surface area contributed by atoms with Crippen LogP contribution in [-0.2, 0) is 4.79 Å². The predicted octanol–water partition coefficient (Wildman–Crippen LogP) is 3.77. The summed E-state index contributed by atoms with van der Waals surface area (Å²) in [5.74, 6) is 1.80. The van der Waals surface area contributed by atoms with E-state index in [1.807, 2.05) is 49.4 Å². The first-order valence-electron chi connectivity index (χ1n) is 9.01. The highest BCUT2D eigenvalue weighted by Crippen LogP contribution is 2.26. The minimum atomic E-state index is -0.280. The van der Waals surface area contributed by atoms with Crippen molar-refractivity contribution in [2.45, 2.75) is 38.3 Å². The zero-order valence-electron chi connectivity index (χ0n) is 15.6. The van der Waals surface area contributed by atoms with Crippen LogP contribution in [0.5, 0.6) is 0 Å². The summed E-state index contributed by atoms with van der Waals surface area (Å²) < 4.78 is 5.82. The van der Waals surface area contributed by atoms with Gasteiger partial charge in [0.05, 0.1) is 6.04 Å². The lowest BCUT2D eigenvalue weighted by Crippen LogP contribution is -2.37. The van der Waals surface area contributed by atoms with Gasteiger partial charge in [-0.3, -0.25) is 9.69 Å². The van der Waals surface area contributed by atoms with Gasteiger partial charge in [-0.15, -0.1) is 24.8 Å². The lowest BCUT2D eigenvalue weighted by atomic mass is 10.0. The van der Waals surface area contributed by atoms with Gasteiger partial charge in [-0.25, -0.2) is 0 Å². The van der Waals surface area contributed by atoms with Crippen LogP contribution in [0, 0.1) is 6.92 Å². The third-order valence-corrected chi connectivity index (χ3v) is 4.80. The van der Waals surface area contributed by atoms with Gasteiger partial charge in [0.2, 0.25) is 5.91 Å². The largest absolute Gasteiger partial charge is 0.465 e. The smallest absolute Gasteiger partial charge is 0.221 e. The molecule has 2 atom stereocenters. The van der Waals surface area contributed by atoms with Gasteiger partial charge in [-0.05, 0) is 50.6 Å². The first kappa shape index (κ1) is 23.5. The van der Waals surface area contributed by atoms with Crippen LogP contribution < -0.4 is 11.1 Å². The zero-order chi connectivity index (χ0) is 17.6. The highest BCUT2D eigenvalue weighted by molar-refractivity contribution is 5.85. The Morgan fingerprint density at radius 2 is 1.81 bits per heavy atom. The van der Waals surface area contributed by atoms with Crippen molar-refractivity contribution in [1.29, 1.82) is 0 Å². The molecule has 0 saturated carbocycles. The molecule has 3 N–H and O–H groups in total. The maximum atomic E-state index is 12.3. The van der Waals surface area contributed by atoms with E-state index in [1.54, 1.807) is 0 Å². The molecule has 1 amide bonds. The number of nitrogens with two attached hydrogens (primary N) is 1. The first-order chi connectivity index (χ1) is 12.1. The van der Waals surface area contributed by atoms with Crippen LogP contribution in [0.2, 0.25) is 0 Å². The number of nitrogens with zero attached hydrogens (tertiary/aromatic N) is 1. The van der Waals surface area contributed by atoms with Gasteiger partial charge < -0.3 is 15.5 Å². The number of rotatable bonds is 7. The van der Waals surface area contributed by atoms with Crippen molar-refractivity contribution >= 4 is 30.7 Å². The Hall–Kier alpha value is -1.53. The summed E-state index contributed by atoms with van der Waals surface area (Å²) in [6, 6.07) is 13.5. The van der Waals surface area contributed by atoms with E-state index in [-0.39, 0.29) is 49.2 Å². The number of benzene rings is 1. The molecule has 27 heavy (non-hydrogen) atoms. The molecule has 1 saturated heterocycles. The Morgan fingerprint density at radius 3 is 2.41 bits per heavy atom. The van der Waals surface area contributed by atoms with Crippen molar-refractivity contribution in [2.24, 2.45) is 5.73 Å². The molecule has 2 heterocycles. The molecule has 1 aromatic carbocycles. The van der Waals surface area contributed by atoms with E-state index in [0.717, 1.165) is 30.2 Å². The Kier molecular flexibility index (Phi) is 9.88. The second-order valence-corrected chi connectivity index (χ2v) is 6.73. The van der Waals surface area contributed by atoms with Crippen LogP contribution >= 0.6 is 24.8 Å². The molecule has 150 valence electrons. The van der Waals surface area contributed by atoms with Crippen molar-refractivity contribution in [3.8, 4) is 0 Å². The predicted molar refractivity (Wildman–Crippen MR) is 112 cm³/mol. The Labute approximate surface area is 173 Å². The van der Waals surface area contributed by atoms with E-state index in [0.29, 0.717) is 6.54 Å². The summed E-state index contributed by atoms with van der Waals surface area (Å²) in [6.07, 6.45) is 2.68. The second kappa shape index (κ2) is 11.3. The molecule has 1 aliphatic rings. The number of likely N-dealkylation sites (tertiary alicyclic amines) is 1. The van der Waals surface area contributed by atoms with Crippen LogP contribution in [0.1, 0.15) is 48.4 Å². The van der Waals surface area contributed by atoms with Crippen molar-refractivity contribution in [3.05, 3.63) is 59.5 Å². The number of hydrogen-bond acceptors (Lipinski definition) is 4. The van der Waals surface area contributed by atoms with E-state index in [1.165, 1.54) is 12.8 Å². The summed E-state index contributed by atoms with van der Waals surface area (Å²) >= 11 is 0. The van der Waals surface area contributed by atoms with Gasteiger partial charge in [0.1, 0.15) is 11.5 Å². The number of halogens is 2. The third-order valence-electron chi connectivity index (χ3n) is 4.80. The fourth-order valence-electron chi connectivity index (χ4n) is 3.40. The highest BCUT2D eigenvalue weighted by Gasteiger charge is 2.26. The minimum Gasteiger partial charge on any atom is -0.465 e.